The number of rotatable bonds is 5. The summed E-state index contributed by atoms with van der Waals surface area (Å²) in [6, 6.07) is 6.24. The fourth-order valence-electron chi connectivity index (χ4n) is 4.79. The van der Waals surface area contributed by atoms with Crippen molar-refractivity contribution >= 4 is 44.7 Å². The highest BCUT2D eigenvalue weighted by molar-refractivity contribution is 7.21. The first kappa shape index (κ1) is 19.9. The van der Waals surface area contributed by atoms with Crippen molar-refractivity contribution in [3.05, 3.63) is 41.0 Å². The maximum atomic E-state index is 13.2. The van der Waals surface area contributed by atoms with Crippen LogP contribution in [0.5, 0.6) is 0 Å². The van der Waals surface area contributed by atoms with E-state index in [0.29, 0.717) is 5.92 Å². The van der Waals surface area contributed by atoms with Crippen LogP contribution >= 0.6 is 11.3 Å². The smallest absolute Gasteiger partial charge is 0.264 e. The Hall–Kier alpha value is -2.71. The summed E-state index contributed by atoms with van der Waals surface area (Å²) in [4.78, 5) is 27.7. The summed E-state index contributed by atoms with van der Waals surface area (Å²) >= 11 is 1.61. The highest BCUT2D eigenvalue weighted by atomic mass is 32.1. The lowest BCUT2D eigenvalue weighted by Crippen LogP contribution is -2.43. The van der Waals surface area contributed by atoms with Crippen molar-refractivity contribution < 1.29 is 4.79 Å². The van der Waals surface area contributed by atoms with Gasteiger partial charge in [-0.1, -0.05) is 0 Å². The zero-order valence-corrected chi connectivity index (χ0v) is 19.0. The average molecular weight is 449 g/mol. The summed E-state index contributed by atoms with van der Waals surface area (Å²) in [6.07, 6.45) is 8.42. The molecule has 2 saturated heterocycles. The lowest BCUT2D eigenvalue weighted by atomic mass is 10.1. The van der Waals surface area contributed by atoms with Gasteiger partial charge >= 0.3 is 0 Å². The first-order valence-corrected chi connectivity index (χ1v) is 12.5. The molecule has 1 saturated carbocycles. The molecule has 3 aliphatic rings. The van der Waals surface area contributed by atoms with E-state index in [2.05, 4.69) is 37.6 Å². The first-order chi connectivity index (χ1) is 15.8. The second-order valence-corrected chi connectivity index (χ2v) is 10.0. The van der Waals surface area contributed by atoms with Crippen LogP contribution in [-0.4, -0.2) is 60.0 Å². The SMILES string of the molecule is O=C(c1sc2cnc(Nc3ccc(N4CCNCC4)cn3)cc2c1C1CC1)N1CCCC1. The molecule has 0 radical (unpaired) electrons. The van der Waals surface area contributed by atoms with Gasteiger partial charge in [0.1, 0.15) is 11.6 Å². The number of fused-ring (bicyclic) bond motifs is 1. The van der Waals surface area contributed by atoms with Gasteiger partial charge in [-0.3, -0.25) is 4.79 Å². The van der Waals surface area contributed by atoms with Gasteiger partial charge in [0.2, 0.25) is 0 Å². The Balaban J connectivity index is 1.26. The third-order valence-electron chi connectivity index (χ3n) is 6.67. The van der Waals surface area contributed by atoms with E-state index in [1.165, 1.54) is 23.8 Å². The van der Waals surface area contributed by atoms with Crippen LogP contribution in [0.3, 0.4) is 0 Å². The van der Waals surface area contributed by atoms with Crippen LogP contribution in [0.2, 0.25) is 0 Å². The number of hydrogen-bond acceptors (Lipinski definition) is 7. The highest BCUT2D eigenvalue weighted by Gasteiger charge is 2.34. The fraction of sp³-hybridized carbons (Fsp3) is 0.458. The Kier molecular flexibility index (Phi) is 5.19. The third kappa shape index (κ3) is 3.82. The summed E-state index contributed by atoms with van der Waals surface area (Å²) < 4.78 is 1.10. The van der Waals surface area contributed by atoms with Gasteiger partial charge in [-0.05, 0) is 55.4 Å². The molecule has 8 heteroatoms. The molecule has 5 heterocycles. The minimum atomic E-state index is 0.213. The van der Waals surface area contributed by atoms with E-state index in [-0.39, 0.29) is 5.91 Å². The van der Waals surface area contributed by atoms with Crippen molar-refractivity contribution in [3.63, 3.8) is 0 Å². The lowest BCUT2D eigenvalue weighted by molar-refractivity contribution is 0.0796. The molecule has 0 unspecified atom stereocenters. The van der Waals surface area contributed by atoms with Crippen LogP contribution in [0.15, 0.2) is 30.6 Å². The number of nitrogens with one attached hydrogen (secondary N) is 2. The number of carbonyl (C=O) groups excluding carboxylic acids is 1. The van der Waals surface area contributed by atoms with Gasteiger partial charge in [0.25, 0.3) is 5.91 Å². The molecule has 7 nitrogen and oxygen atoms in total. The molecule has 0 bridgehead atoms. The molecule has 3 aromatic heterocycles. The standard InChI is InChI=1S/C24H28N6OS/c31-24(30-9-1-2-10-30)23-22(16-3-4-16)18-13-21(27-15-19(18)32-23)28-20-6-5-17(14-26-20)29-11-7-25-8-12-29/h5-6,13-16,25H,1-4,7-12H2,(H,26,27,28). The van der Waals surface area contributed by atoms with E-state index in [9.17, 15) is 4.79 Å². The topological polar surface area (TPSA) is 73.4 Å². The summed E-state index contributed by atoms with van der Waals surface area (Å²) in [5, 5.41) is 7.92. The van der Waals surface area contributed by atoms with E-state index in [1.54, 1.807) is 11.3 Å². The van der Waals surface area contributed by atoms with Crippen molar-refractivity contribution in [2.75, 3.05) is 49.5 Å². The number of pyridine rings is 2. The summed E-state index contributed by atoms with van der Waals surface area (Å²) in [6.45, 7) is 5.81. The molecule has 0 aromatic carbocycles. The molecule has 1 aliphatic carbocycles. The van der Waals surface area contributed by atoms with Crippen molar-refractivity contribution in [1.82, 2.24) is 20.2 Å². The Morgan fingerprint density at radius 3 is 2.53 bits per heavy atom. The first-order valence-electron chi connectivity index (χ1n) is 11.7. The maximum Gasteiger partial charge on any atom is 0.264 e. The van der Waals surface area contributed by atoms with Gasteiger partial charge in [0, 0.05) is 50.9 Å². The van der Waals surface area contributed by atoms with Crippen LogP contribution in [0.25, 0.3) is 10.1 Å². The van der Waals surface area contributed by atoms with Gasteiger partial charge in [0.15, 0.2) is 0 Å². The number of anilines is 3. The average Bonchev–Trinajstić information content (AvgIpc) is 3.38. The van der Waals surface area contributed by atoms with Gasteiger partial charge < -0.3 is 20.4 Å². The molecule has 166 valence electrons. The second-order valence-electron chi connectivity index (χ2n) is 8.95. The zero-order valence-electron chi connectivity index (χ0n) is 18.1. The summed E-state index contributed by atoms with van der Waals surface area (Å²) in [5.41, 5.74) is 2.40. The Morgan fingerprint density at radius 2 is 1.81 bits per heavy atom. The number of nitrogens with zero attached hydrogens (tertiary/aromatic N) is 4. The number of amides is 1. The van der Waals surface area contributed by atoms with Gasteiger partial charge in [-0.25, -0.2) is 9.97 Å². The normalized spacial score (nSPS) is 19.0. The highest BCUT2D eigenvalue weighted by Crippen LogP contribution is 2.48. The number of likely N-dealkylation sites (tertiary alicyclic amines) is 1. The van der Waals surface area contributed by atoms with Crippen LogP contribution in [0, 0.1) is 0 Å². The lowest BCUT2D eigenvalue weighted by Gasteiger charge is -2.29. The molecular formula is C24H28N6OS. The largest absolute Gasteiger partial charge is 0.368 e. The Labute approximate surface area is 191 Å². The van der Waals surface area contributed by atoms with Gasteiger partial charge in [-0.15, -0.1) is 11.3 Å². The molecule has 0 atom stereocenters. The maximum absolute atomic E-state index is 13.2. The monoisotopic (exact) mass is 448 g/mol. The van der Waals surface area contributed by atoms with Crippen LogP contribution < -0.4 is 15.5 Å². The minimum absolute atomic E-state index is 0.213. The van der Waals surface area contributed by atoms with Crippen molar-refractivity contribution in [3.8, 4) is 0 Å². The molecule has 3 fully saturated rings. The van der Waals surface area contributed by atoms with Crippen LogP contribution in [0.4, 0.5) is 17.3 Å². The van der Waals surface area contributed by atoms with E-state index in [0.717, 1.165) is 79.0 Å². The third-order valence-corrected chi connectivity index (χ3v) is 7.82. The van der Waals surface area contributed by atoms with E-state index in [1.807, 2.05) is 23.4 Å². The van der Waals surface area contributed by atoms with Gasteiger partial charge in [-0.2, -0.15) is 0 Å². The number of hydrogen-bond donors (Lipinski definition) is 2. The van der Waals surface area contributed by atoms with Crippen molar-refractivity contribution in [1.29, 1.82) is 0 Å². The summed E-state index contributed by atoms with van der Waals surface area (Å²) in [7, 11) is 0. The Bertz CT molecular complexity index is 1130. The second kappa shape index (κ2) is 8.33. The van der Waals surface area contributed by atoms with Crippen LogP contribution in [0.1, 0.15) is 46.8 Å². The van der Waals surface area contributed by atoms with Crippen LogP contribution in [-0.2, 0) is 0 Å². The van der Waals surface area contributed by atoms with Gasteiger partial charge in [0.05, 0.1) is 21.5 Å². The fourth-order valence-corrected chi connectivity index (χ4v) is 6.00. The predicted molar refractivity (Wildman–Crippen MR) is 129 cm³/mol. The quantitative estimate of drug-likeness (QED) is 0.616. The number of aromatic nitrogens is 2. The molecule has 2 N–H and O–H groups in total. The molecular weight excluding hydrogens is 420 g/mol. The zero-order chi connectivity index (χ0) is 21.5. The van der Waals surface area contributed by atoms with E-state index < -0.39 is 0 Å². The molecule has 0 spiro atoms. The number of thiophene rings is 1. The molecule has 3 aromatic rings. The molecule has 6 rings (SSSR count). The van der Waals surface area contributed by atoms with Crippen molar-refractivity contribution in [2.45, 2.75) is 31.6 Å². The van der Waals surface area contributed by atoms with E-state index in [4.69, 9.17) is 0 Å². The number of carbonyl (C=O) groups is 1. The predicted octanol–water partition coefficient (Wildman–Crippen LogP) is 3.96. The van der Waals surface area contributed by atoms with E-state index >= 15 is 0 Å². The molecule has 1 amide bonds. The summed E-state index contributed by atoms with van der Waals surface area (Å²) in [5.74, 6) is 2.29. The minimum Gasteiger partial charge on any atom is -0.368 e. The van der Waals surface area contributed by atoms with Crippen molar-refractivity contribution in [2.24, 2.45) is 0 Å². The Morgan fingerprint density at radius 1 is 1.03 bits per heavy atom. The number of piperazine rings is 1. The molecule has 32 heavy (non-hydrogen) atoms. The molecule has 2 aliphatic heterocycles.